The summed E-state index contributed by atoms with van der Waals surface area (Å²) in [7, 11) is -3.65. The first-order valence-corrected chi connectivity index (χ1v) is 12.1. The van der Waals surface area contributed by atoms with Gasteiger partial charge in [0.15, 0.2) is 6.61 Å². The number of rotatable bonds is 9. The largest absolute Gasteiger partial charge is 0.464 e. The van der Waals surface area contributed by atoms with Gasteiger partial charge in [-0.1, -0.05) is 32.0 Å². The van der Waals surface area contributed by atoms with Gasteiger partial charge in [-0.15, -0.1) is 0 Å². The minimum absolute atomic E-state index is 0.0274. The number of fused-ring (bicyclic) bond motifs is 1. The highest BCUT2D eigenvalue weighted by molar-refractivity contribution is 7.89. The van der Waals surface area contributed by atoms with Crippen LogP contribution in [-0.2, 0) is 30.8 Å². The Morgan fingerprint density at radius 2 is 1.82 bits per heavy atom. The van der Waals surface area contributed by atoms with Crippen molar-refractivity contribution in [2.45, 2.75) is 39.0 Å². The summed E-state index contributed by atoms with van der Waals surface area (Å²) in [5.74, 6) is -1.13. The van der Waals surface area contributed by atoms with Crippen LogP contribution in [-0.4, -0.2) is 44.3 Å². The molecule has 0 aliphatic rings. The van der Waals surface area contributed by atoms with Gasteiger partial charge in [-0.05, 0) is 43.2 Å². The zero-order valence-electron chi connectivity index (χ0n) is 19.2. The van der Waals surface area contributed by atoms with Crippen LogP contribution in [0.3, 0.4) is 0 Å². The Kier molecular flexibility index (Phi) is 7.55. The third-order valence-corrected chi connectivity index (χ3v) is 7.55. The SMILES string of the molecule is CCN(CC)S(=O)(=O)c1cccc(NC(=O)COC(=O)Cc2coc3c(C)c(C)ccc23)c1. The second kappa shape index (κ2) is 10.2. The Morgan fingerprint density at radius 3 is 2.52 bits per heavy atom. The number of hydrogen-bond donors (Lipinski definition) is 1. The smallest absolute Gasteiger partial charge is 0.310 e. The number of anilines is 1. The van der Waals surface area contributed by atoms with Crippen molar-refractivity contribution >= 4 is 38.6 Å². The fourth-order valence-electron chi connectivity index (χ4n) is 3.52. The summed E-state index contributed by atoms with van der Waals surface area (Å²) in [6.07, 6.45) is 1.50. The molecule has 0 spiro atoms. The number of benzene rings is 2. The molecule has 1 amide bonds. The minimum Gasteiger partial charge on any atom is -0.464 e. The number of esters is 1. The Hall–Kier alpha value is -3.17. The van der Waals surface area contributed by atoms with Crippen molar-refractivity contribution in [3.05, 3.63) is 59.4 Å². The molecule has 0 fully saturated rings. The predicted molar refractivity (Wildman–Crippen MR) is 126 cm³/mol. The van der Waals surface area contributed by atoms with Crippen molar-refractivity contribution in [2.24, 2.45) is 0 Å². The van der Waals surface area contributed by atoms with E-state index in [1.165, 1.54) is 22.7 Å². The van der Waals surface area contributed by atoms with Gasteiger partial charge in [0.1, 0.15) is 5.58 Å². The molecular formula is C24H28N2O6S. The molecule has 9 heteroatoms. The first kappa shape index (κ1) is 24.5. The van der Waals surface area contributed by atoms with E-state index in [-0.39, 0.29) is 11.3 Å². The second-order valence-corrected chi connectivity index (χ2v) is 9.59. The van der Waals surface area contributed by atoms with Crippen LogP contribution in [0.15, 0.2) is 52.0 Å². The number of furan rings is 1. The molecule has 0 unspecified atom stereocenters. The first-order valence-electron chi connectivity index (χ1n) is 10.7. The van der Waals surface area contributed by atoms with Crippen LogP contribution < -0.4 is 5.32 Å². The molecule has 1 heterocycles. The van der Waals surface area contributed by atoms with Gasteiger partial charge in [0.2, 0.25) is 10.0 Å². The fourth-order valence-corrected chi connectivity index (χ4v) is 5.03. The molecule has 1 N–H and O–H groups in total. The molecule has 176 valence electrons. The van der Waals surface area contributed by atoms with Crippen molar-refractivity contribution in [2.75, 3.05) is 25.0 Å². The van der Waals surface area contributed by atoms with Gasteiger partial charge in [0.05, 0.1) is 17.6 Å². The Bertz CT molecular complexity index is 1280. The van der Waals surface area contributed by atoms with E-state index in [0.717, 1.165) is 22.1 Å². The molecule has 8 nitrogen and oxygen atoms in total. The van der Waals surface area contributed by atoms with Crippen molar-refractivity contribution in [1.82, 2.24) is 4.31 Å². The molecule has 0 atom stereocenters. The van der Waals surface area contributed by atoms with Gasteiger partial charge >= 0.3 is 5.97 Å². The number of sulfonamides is 1. The van der Waals surface area contributed by atoms with E-state index in [9.17, 15) is 18.0 Å². The van der Waals surface area contributed by atoms with Gasteiger partial charge in [0, 0.05) is 29.7 Å². The zero-order valence-corrected chi connectivity index (χ0v) is 20.0. The lowest BCUT2D eigenvalue weighted by Gasteiger charge is -2.18. The maximum Gasteiger partial charge on any atom is 0.310 e. The van der Waals surface area contributed by atoms with Crippen LogP contribution in [0.25, 0.3) is 11.0 Å². The van der Waals surface area contributed by atoms with Crippen molar-refractivity contribution in [1.29, 1.82) is 0 Å². The number of ether oxygens (including phenoxy) is 1. The van der Waals surface area contributed by atoms with E-state index < -0.39 is 28.5 Å². The van der Waals surface area contributed by atoms with Gasteiger partial charge < -0.3 is 14.5 Å². The molecule has 0 bridgehead atoms. The molecule has 3 rings (SSSR count). The van der Waals surface area contributed by atoms with Crippen LogP contribution in [0.1, 0.15) is 30.5 Å². The average molecular weight is 473 g/mol. The van der Waals surface area contributed by atoms with E-state index >= 15 is 0 Å². The van der Waals surface area contributed by atoms with E-state index in [1.807, 2.05) is 26.0 Å². The third kappa shape index (κ3) is 5.43. The van der Waals surface area contributed by atoms with Gasteiger partial charge in [0.25, 0.3) is 5.91 Å². The molecule has 0 saturated carbocycles. The number of carbonyl (C=O) groups is 2. The van der Waals surface area contributed by atoms with Gasteiger partial charge in [-0.3, -0.25) is 9.59 Å². The van der Waals surface area contributed by atoms with Crippen molar-refractivity contribution < 1.29 is 27.2 Å². The Labute approximate surface area is 193 Å². The topological polar surface area (TPSA) is 106 Å². The normalized spacial score (nSPS) is 11.7. The maximum atomic E-state index is 12.7. The van der Waals surface area contributed by atoms with E-state index in [1.54, 1.807) is 26.0 Å². The maximum absolute atomic E-state index is 12.7. The highest BCUT2D eigenvalue weighted by Crippen LogP contribution is 2.27. The van der Waals surface area contributed by atoms with Crippen LogP contribution in [0.4, 0.5) is 5.69 Å². The number of aryl methyl sites for hydroxylation is 2. The number of carbonyl (C=O) groups excluding carboxylic acids is 2. The number of nitrogens with one attached hydrogen (secondary N) is 1. The summed E-state index contributed by atoms with van der Waals surface area (Å²) in [4.78, 5) is 24.6. The Morgan fingerprint density at radius 1 is 1.09 bits per heavy atom. The first-order chi connectivity index (χ1) is 15.7. The number of nitrogens with zero attached hydrogens (tertiary/aromatic N) is 1. The molecule has 1 aromatic heterocycles. The zero-order chi connectivity index (χ0) is 24.2. The summed E-state index contributed by atoms with van der Waals surface area (Å²) in [6.45, 7) is 7.66. The number of hydrogen-bond acceptors (Lipinski definition) is 6. The van der Waals surface area contributed by atoms with Crippen LogP contribution in [0, 0.1) is 13.8 Å². The summed E-state index contributed by atoms with van der Waals surface area (Å²) >= 11 is 0. The third-order valence-electron chi connectivity index (χ3n) is 5.50. The molecule has 0 radical (unpaired) electrons. The summed E-state index contributed by atoms with van der Waals surface area (Å²) in [6, 6.07) is 9.84. The highest BCUT2D eigenvalue weighted by atomic mass is 32.2. The number of amides is 1. The Balaban J connectivity index is 1.60. The lowest BCUT2D eigenvalue weighted by atomic mass is 10.0. The van der Waals surface area contributed by atoms with Crippen LogP contribution in [0.5, 0.6) is 0 Å². The molecular weight excluding hydrogens is 444 g/mol. The molecule has 33 heavy (non-hydrogen) atoms. The lowest BCUT2D eigenvalue weighted by Crippen LogP contribution is -2.30. The summed E-state index contributed by atoms with van der Waals surface area (Å²) in [5.41, 5.74) is 3.83. The molecule has 3 aromatic rings. The minimum atomic E-state index is -3.65. The quantitative estimate of drug-likeness (QED) is 0.475. The fraction of sp³-hybridized carbons (Fsp3) is 0.333. The standard InChI is InChI=1S/C24H28N2O6S/c1-5-26(6-2)33(29,30)20-9-7-8-19(13-20)25-22(27)15-31-23(28)12-18-14-32-24-17(4)16(3)10-11-21(18)24/h7-11,13-14H,5-6,12,15H2,1-4H3,(H,25,27). The van der Waals surface area contributed by atoms with Gasteiger partial charge in [-0.2, -0.15) is 4.31 Å². The monoisotopic (exact) mass is 472 g/mol. The molecule has 0 aliphatic carbocycles. The van der Waals surface area contributed by atoms with E-state index in [2.05, 4.69) is 5.32 Å². The molecule has 2 aromatic carbocycles. The van der Waals surface area contributed by atoms with Gasteiger partial charge in [-0.25, -0.2) is 8.42 Å². The van der Waals surface area contributed by atoms with Crippen LogP contribution >= 0.6 is 0 Å². The van der Waals surface area contributed by atoms with Crippen LogP contribution in [0.2, 0.25) is 0 Å². The second-order valence-electron chi connectivity index (χ2n) is 7.65. The molecule has 0 aliphatic heterocycles. The van der Waals surface area contributed by atoms with E-state index in [0.29, 0.717) is 24.3 Å². The van der Waals surface area contributed by atoms with Crippen molar-refractivity contribution in [3.63, 3.8) is 0 Å². The summed E-state index contributed by atoms with van der Waals surface area (Å²) < 4.78 is 37.4. The molecule has 0 saturated heterocycles. The van der Waals surface area contributed by atoms with E-state index in [4.69, 9.17) is 9.15 Å². The summed E-state index contributed by atoms with van der Waals surface area (Å²) in [5, 5.41) is 3.41. The highest BCUT2D eigenvalue weighted by Gasteiger charge is 2.22. The predicted octanol–water partition coefficient (Wildman–Crippen LogP) is 3.80. The van der Waals surface area contributed by atoms with Crippen molar-refractivity contribution in [3.8, 4) is 0 Å². The average Bonchev–Trinajstić information content (AvgIpc) is 3.19. The lowest BCUT2D eigenvalue weighted by molar-refractivity contribution is -0.146.